The van der Waals surface area contributed by atoms with E-state index in [9.17, 15) is 4.79 Å². The zero-order valence-corrected chi connectivity index (χ0v) is 14.8. The summed E-state index contributed by atoms with van der Waals surface area (Å²) >= 11 is 1.68. The molecular weight excluding hydrogens is 318 g/mol. The van der Waals surface area contributed by atoms with Gasteiger partial charge < -0.3 is 10.2 Å². The minimum atomic E-state index is 0.175. The molecule has 0 spiro atoms. The van der Waals surface area contributed by atoms with Gasteiger partial charge in [0.2, 0.25) is 5.91 Å². The van der Waals surface area contributed by atoms with Gasteiger partial charge in [-0.1, -0.05) is 30.3 Å². The van der Waals surface area contributed by atoms with Crippen molar-refractivity contribution in [2.24, 2.45) is 0 Å². The van der Waals surface area contributed by atoms with E-state index in [1.54, 1.807) is 11.3 Å². The highest BCUT2D eigenvalue weighted by Crippen LogP contribution is 2.26. The number of nitrogens with zero attached hydrogens (tertiary/aromatic N) is 2. The second-order valence-corrected chi connectivity index (χ2v) is 7.17. The number of anilines is 1. The maximum absolute atomic E-state index is 12.1. The standard InChI is InChI=1S/C19H25N3OS/c23-18(11-5-4-9-16-7-2-1-3-8-16)21-15-17-10-6-13-22(17)19-20-12-14-24-19/h1-3,7-8,12,14,17H,4-6,9-11,13,15H2,(H,21,23). The number of aryl methyl sites for hydroxylation is 1. The zero-order valence-electron chi connectivity index (χ0n) is 14.0. The molecule has 2 aromatic rings. The molecule has 0 bridgehead atoms. The predicted octanol–water partition coefficient (Wildman–Crippen LogP) is 3.64. The van der Waals surface area contributed by atoms with Crippen LogP contribution in [0.2, 0.25) is 0 Å². The fourth-order valence-electron chi connectivity index (χ4n) is 3.24. The van der Waals surface area contributed by atoms with Crippen molar-refractivity contribution in [2.75, 3.05) is 18.0 Å². The number of unbranched alkanes of at least 4 members (excludes halogenated alkanes) is 1. The highest BCUT2D eigenvalue weighted by atomic mass is 32.1. The SMILES string of the molecule is O=C(CCCCc1ccccc1)NCC1CCCN1c1nccs1. The van der Waals surface area contributed by atoms with E-state index in [1.807, 2.05) is 17.6 Å². The van der Waals surface area contributed by atoms with E-state index in [2.05, 4.69) is 39.5 Å². The summed E-state index contributed by atoms with van der Waals surface area (Å²) in [5.41, 5.74) is 1.35. The smallest absolute Gasteiger partial charge is 0.220 e. The normalized spacial score (nSPS) is 17.2. The molecule has 0 saturated carbocycles. The minimum absolute atomic E-state index is 0.175. The fourth-order valence-corrected chi connectivity index (χ4v) is 3.98. The molecule has 1 amide bonds. The van der Waals surface area contributed by atoms with Gasteiger partial charge in [-0.25, -0.2) is 4.98 Å². The van der Waals surface area contributed by atoms with Crippen molar-refractivity contribution >= 4 is 22.4 Å². The van der Waals surface area contributed by atoms with E-state index in [1.165, 1.54) is 12.0 Å². The van der Waals surface area contributed by atoms with Crippen molar-refractivity contribution in [2.45, 2.75) is 44.6 Å². The Morgan fingerprint density at radius 1 is 1.29 bits per heavy atom. The third kappa shape index (κ3) is 4.81. The Labute approximate surface area is 147 Å². The lowest BCUT2D eigenvalue weighted by Crippen LogP contribution is -2.40. The van der Waals surface area contributed by atoms with Gasteiger partial charge in [0.05, 0.1) is 0 Å². The third-order valence-electron chi connectivity index (χ3n) is 4.54. The first-order valence-corrected chi connectivity index (χ1v) is 9.67. The first-order valence-electron chi connectivity index (χ1n) is 8.79. The van der Waals surface area contributed by atoms with E-state index in [-0.39, 0.29) is 5.91 Å². The summed E-state index contributed by atoms with van der Waals surface area (Å²) in [6.45, 7) is 1.78. The summed E-state index contributed by atoms with van der Waals surface area (Å²) in [6.07, 6.45) is 7.84. The summed E-state index contributed by atoms with van der Waals surface area (Å²) in [4.78, 5) is 18.8. The number of carbonyl (C=O) groups excluding carboxylic acids is 1. The molecule has 1 N–H and O–H groups in total. The van der Waals surface area contributed by atoms with Gasteiger partial charge in [0.25, 0.3) is 0 Å². The number of nitrogens with one attached hydrogen (secondary N) is 1. The van der Waals surface area contributed by atoms with E-state index in [4.69, 9.17) is 0 Å². The van der Waals surface area contributed by atoms with Gasteiger partial charge in [-0.15, -0.1) is 11.3 Å². The molecule has 3 rings (SSSR count). The maximum atomic E-state index is 12.1. The van der Waals surface area contributed by atoms with Crippen LogP contribution in [-0.2, 0) is 11.2 Å². The number of hydrogen-bond acceptors (Lipinski definition) is 4. The van der Waals surface area contributed by atoms with Crippen molar-refractivity contribution in [1.29, 1.82) is 0 Å². The molecule has 1 aliphatic heterocycles. The summed E-state index contributed by atoms with van der Waals surface area (Å²) in [5.74, 6) is 0.175. The largest absolute Gasteiger partial charge is 0.354 e. The molecule has 4 nitrogen and oxygen atoms in total. The number of carbonyl (C=O) groups is 1. The van der Waals surface area contributed by atoms with Gasteiger partial charge in [-0.2, -0.15) is 0 Å². The van der Waals surface area contributed by atoms with Crippen LogP contribution in [0.1, 0.15) is 37.7 Å². The molecule has 24 heavy (non-hydrogen) atoms. The lowest BCUT2D eigenvalue weighted by molar-refractivity contribution is -0.121. The molecule has 1 unspecified atom stereocenters. The highest BCUT2D eigenvalue weighted by Gasteiger charge is 2.26. The molecule has 1 aromatic heterocycles. The van der Waals surface area contributed by atoms with Crippen LogP contribution < -0.4 is 10.2 Å². The second-order valence-electron chi connectivity index (χ2n) is 6.30. The van der Waals surface area contributed by atoms with Gasteiger partial charge in [-0.3, -0.25) is 4.79 Å². The van der Waals surface area contributed by atoms with Crippen LogP contribution in [0.25, 0.3) is 0 Å². The first kappa shape index (κ1) is 17.0. The monoisotopic (exact) mass is 343 g/mol. The number of hydrogen-bond donors (Lipinski definition) is 1. The van der Waals surface area contributed by atoms with Crippen LogP contribution >= 0.6 is 11.3 Å². The first-order chi connectivity index (χ1) is 11.8. The molecule has 1 aliphatic rings. The lowest BCUT2D eigenvalue weighted by atomic mass is 10.1. The summed E-state index contributed by atoms with van der Waals surface area (Å²) in [5, 5.41) is 6.20. The molecule has 1 aromatic carbocycles. The van der Waals surface area contributed by atoms with Crippen LogP contribution in [0.5, 0.6) is 0 Å². The van der Waals surface area contributed by atoms with Gasteiger partial charge in [0.15, 0.2) is 5.13 Å². The Balaban J connectivity index is 1.33. The fraction of sp³-hybridized carbons (Fsp3) is 0.474. The van der Waals surface area contributed by atoms with Gasteiger partial charge >= 0.3 is 0 Å². The van der Waals surface area contributed by atoms with Gasteiger partial charge in [0.1, 0.15) is 0 Å². The molecule has 2 heterocycles. The number of benzene rings is 1. The second kappa shape index (κ2) is 8.83. The van der Waals surface area contributed by atoms with Crippen LogP contribution in [0, 0.1) is 0 Å². The van der Waals surface area contributed by atoms with Crippen LogP contribution in [0.4, 0.5) is 5.13 Å². The van der Waals surface area contributed by atoms with E-state index in [0.717, 1.165) is 43.9 Å². The minimum Gasteiger partial charge on any atom is -0.354 e. The Morgan fingerprint density at radius 2 is 2.17 bits per heavy atom. The molecule has 1 atom stereocenters. The lowest BCUT2D eigenvalue weighted by Gasteiger charge is -2.24. The number of thiazole rings is 1. The number of rotatable bonds is 8. The quantitative estimate of drug-likeness (QED) is 0.744. The average molecular weight is 343 g/mol. The average Bonchev–Trinajstić information content (AvgIpc) is 3.28. The van der Waals surface area contributed by atoms with Crippen molar-refractivity contribution < 1.29 is 4.79 Å². The Bertz CT molecular complexity index is 615. The van der Waals surface area contributed by atoms with E-state index in [0.29, 0.717) is 12.5 Å². The number of amides is 1. The van der Waals surface area contributed by atoms with Crippen LogP contribution in [0.15, 0.2) is 41.9 Å². The van der Waals surface area contributed by atoms with Gasteiger partial charge in [0, 0.05) is 37.1 Å². The molecule has 1 saturated heterocycles. The Hall–Kier alpha value is -1.88. The Kier molecular flexibility index (Phi) is 6.24. The highest BCUT2D eigenvalue weighted by molar-refractivity contribution is 7.13. The molecule has 1 fully saturated rings. The van der Waals surface area contributed by atoms with Crippen LogP contribution in [-0.4, -0.2) is 30.0 Å². The molecular formula is C19H25N3OS. The third-order valence-corrected chi connectivity index (χ3v) is 5.35. The summed E-state index contributed by atoms with van der Waals surface area (Å²) < 4.78 is 0. The van der Waals surface area contributed by atoms with Crippen molar-refractivity contribution in [3.63, 3.8) is 0 Å². The summed E-state index contributed by atoms with van der Waals surface area (Å²) in [6, 6.07) is 10.9. The van der Waals surface area contributed by atoms with E-state index < -0.39 is 0 Å². The van der Waals surface area contributed by atoms with Crippen molar-refractivity contribution in [1.82, 2.24) is 10.3 Å². The summed E-state index contributed by atoms with van der Waals surface area (Å²) in [7, 11) is 0. The van der Waals surface area contributed by atoms with Crippen molar-refractivity contribution in [3.05, 3.63) is 47.5 Å². The molecule has 0 radical (unpaired) electrons. The Morgan fingerprint density at radius 3 is 2.96 bits per heavy atom. The van der Waals surface area contributed by atoms with Crippen molar-refractivity contribution in [3.8, 4) is 0 Å². The predicted molar refractivity (Wildman–Crippen MR) is 99.5 cm³/mol. The number of aromatic nitrogens is 1. The molecule has 5 heteroatoms. The molecule has 0 aliphatic carbocycles. The molecule has 128 valence electrons. The zero-order chi connectivity index (χ0) is 16.6. The van der Waals surface area contributed by atoms with Gasteiger partial charge in [-0.05, 0) is 37.7 Å². The van der Waals surface area contributed by atoms with E-state index >= 15 is 0 Å². The topological polar surface area (TPSA) is 45.2 Å². The van der Waals surface area contributed by atoms with Crippen LogP contribution in [0.3, 0.4) is 0 Å². The maximum Gasteiger partial charge on any atom is 0.220 e.